The molecule has 1 aromatic heterocycles. The van der Waals surface area contributed by atoms with Gasteiger partial charge >= 0.3 is 17.9 Å². The molecular weight excluding hydrogens is 940 g/mol. The van der Waals surface area contributed by atoms with Gasteiger partial charge in [0.25, 0.3) is 0 Å². The maximum atomic E-state index is 15.4. The quantitative estimate of drug-likeness (QED) is 0.0657. The molecule has 11 atom stereocenters. The highest BCUT2D eigenvalue weighted by molar-refractivity contribution is 8.00. The van der Waals surface area contributed by atoms with Gasteiger partial charge in [-0.3, -0.25) is 19.2 Å². The molecule has 3 saturated heterocycles. The number of pyridine rings is 1. The van der Waals surface area contributed by atoms with Crippen LogP contribution in [0.3, 0.4) is 0 Å². The van der Waals surface area contributed by atoms with Gasteiger partial charge in [-0.1, -0.05) is 77.6 Å². The second-order valence-electron chi connectivity index (χ2n) is 23.0. The molecule has 0 spiro atoms. The van der Waals surface area contributed by atoms with Crippen molar-refractivity contribution >= 4 is 63.8 Å². The predicted octanol–water partition coefficient (Wildman–Crippen LogP) is 10.3. The van der Waals surface area contributed by atoms with Gasteiger partial charge in [-0.25, -0.2) is 9.18 Å². The number of benzene rings is 1. The fourth-order valence-corrected chi connectivity index (χ4v) is 17.0. The molecule has 6 fully saturated rings. The molecule has 1 aromatic carbocycles. The highest BCUT2D eigenvalue weighted by Crippen LogP contribution is 2.68. The fraction of sp³-hybridized carbons (Fsp3) is 0.732. The molecule has 3 aliphatic carbocycles. The number of carbonyl (C=O) groups is 4. The Labute approximate surface area is 429 Å². The standard InChI is InChI=1S/C56H79FN4O8S2/c1-8-54(5)32-45(68-47(64)33-70-39-28-37-17-18-38(29-39)59(37)7)55(6)34(2)19-21-56(22-20-44(62)50(55)56)35(3)51(54)69-46(63)16-14-12-10-9-11-13-15-27-67-53(66)48-49(65)40-30-41(57)43(60-25-23-58-24-26-60)31-42(40)61-36(4)71-52(48)61/h8,30-31,34-39,45,50-51,58H,1,9-29,32-33H2,2-7H3/t34?,35-,36?,37?,38?,39?,45+,50?,51-,54+,55-,56?/m1/s1. The van der Waals surface area contributed by atoms with Crippen LogP contribution in [0.1, 0.15) is 160 Å². The number of carbonyl (C=O) groups excluding carboxylic acids is 4. The van der Waals surface area contributed by atoms with Gasteiger partial charge in [0.2, 0.25) is 5.43 Å². The first-order valence-electron chi connectivity index (χ1n) is 27.1. The van der Waals surface area contributed by atoms with E-state index in [0.717, 1.165) is 77.3 Å². The van der Waals surface area contributed by atoms with Crippen molar-refractivity contribution in [3.05, 3.63) is 46.4 Å². The van der Waals surface area contributed by atoms with Gasteiger partial charge in [0.15, 0.2) is 0 Å². The molecule has 0 radical (unpaired) electrons. The predicted molar refractivity (Wildman–Crippen MR) is 280 cm³/mol. The Morgan fingerprint density at radius 3 is 2.31 bits per heavy atom. The van der Waals surface area contributed by atoms with Crippen LogP contribution in [0.5, 0.6) is 0 Å². The number of thioether (sulfide) groups is 2. The van der Waals surface area contributed by atoms with E-state index < -0.39 is 40.3 Å². The summed E-state index contributed by atoms with van der Waals surface area (Å²) in [6, 6.07) is 4.23. The normalized spacial score (nSPS) is 34.4. The smallest absolute Gasteiger partial charge is 0.344 e. The number of hydrogen-bond acceptors (Lipinski definition) is 13. The van der Waals surface area contributed by atoms with Gasteiger partial charge in [-0.15, -0.1) is 18.3 Å². The molecule has 2 aromatic rings. The fourth-order valence-electron chi connectivity index (χ4n) is 14.6. The van der Waals surface area contributed by atoms with Crippen molar-refractivity contribution in [2.24, 2.45) is 34.0 Å². The van der Waals surface area contributed by atoms with Crippen molar-refractivity contribution in [3.8, 4) is 0 Å². The SMILES string of the molecule is C=C[C@@]1(C)C[C@H](OC(=O)CSC2CC3CCC(C2)N3C)[C@@]2(C)C(C)CCC3(CCC(=O)C32)[C@H](C)[C@H]1OC(=O)CCCCCCCCCOC(=O)c1c2n(c3cc(N4CCNCC4)c(F)cc3c1=O)C(C)S2. The largest absolute Gasteiger partial charge is 0.462 e. The number of piperazine rings is 1. The van der Waals surface area contributed by atoms with E-state index in [4.69, 9.17) is 14.2 Å². The maximum absolute atomic E-state index is 15.4. The average molecular weight is 1020 g/mol. The molecule has 6 unspecified atom stereocenters. The topological polar surface area (TPSA) is 136 Å². The van der Waals surface area contributed by atoms with E-state index in [0.29, 0.717) is 84.5 Å². The van der Waals surface area contributed by atoms with E-state index in [9.17, 15) is 24.0 Å². The third kappa shape index (κ3) is 9.89. The van der Waals surface area contributed by atoms with E-state index in [1.165, 1.54) is 30.7 Å². The summed E-state index contributed by atoms with van der Waals surface area (Å²) >= 11 is 3.19. The van der Waals surface area contributed by atoms with Crippen molar-refractivity contribution < 1.29 is 37.8 Å². The second kappa shape index (κ2) is 21.4. The summed E-state index contributed by atoms with van der Waals surface area (Å²) in [7, 11) is 2.24. The van der Waals surface area contributed by atoms with E-state index in [1.54, 1.807) is 17.8 Å². The lowest BCUT2D eigenvalue weighted by atomic mass is 9.44. The summed E-state index contributed by atoms with van der Waals surface area (Å²) in [6.07, 6.45) is 15.3. The monoisotopic (exact) mass is 1020 g/mol. The molecular formula is C56H79FN4O8S2. The highest BCUT2D eigenvalue weighted by atomic mass is 32.2. The number of ether oxygens (including phenoxy) is 3. The van der Waals surface area contributed by atoms with Crippen molar-refractivity contribution in [3.63, 3.8) is 0 Å². The van der Waals surface area contributed by atoms with Gasteiger partial charge < -0.3 is 33.9 Å². The third-order valence-electron chi connectivity index (χ3n) is 19.1. The van der Waals surface area contributed by atoms with Crippen LogP contribution >= 0.6 is 23.5 Å². The van der Waals surface area contributed by atoms with Gasteiger partial charge in [0.05, 0.1) is 34.0 Å². The van der Waals surface area contributed by atoms with E-state index >= 15 is 4.39 Å². The number of Topliss-reactive ketones (excluding diaryl/α,β-unsaturated/α-hetero) is 1. The number of rotatable bonds is 18. The Morgan fingerprint density at radius 2 is 1.62 bits per heavy atom. The Kier molecular flexibility index (Phi) is 15.8. The lowest BCUT2D eigenvalue weighted by Crippen LogP contribution is -2.63. The summed E-state index contributed by atoms with van der Waals surface area (Å²) in [6.45, 7) is 18.1. The van der Waals surface area contributed by atoms with Crippen LogP contribution in [-0.2, 0) is 28.6 Å². The van der Waals surface area contributed by atoms with Gasteiger partial charge in [0, 0.05) is 84.4 Å². The second-order valence-corrected chi connectivity index (χ2v) is 25.6. The minimum Gasteiger partial charge on any atom is -0.462 e. The molecule has 71 heavy (non-hydrogen) atoms. The Hall–Kier alpha value is -3.40. The first-order valence-corrected chi connectivity index (χ1v) is 29.0. The maximum Gasteiger partial charge on any atom is 0.344 e. The Morgan fingerprint density at radius 1 is 0.930 bits per heavy atom. The number of esters is 3. The first-order chi connectivity index (χ1) is 34.0. The van der Waals surface area contributed by atoms with Crippen molar-refractivity contribution in [1.82, 2.24) is 14.8 Å². The molecule has 0 amide bonds. The highest BCUT2D eigenvalue weighted by Gasteiger charge is 2.69. The lowest BCUT2D eigenvalue weighted by Gasteiger charge is -2.62. The number of piperidine rings is 1. The summed E-state index contributed by atoms with van der Waals surface area (Å²) in [5, 5.41) is 4.50. The van der Waals surface area contributed by atoms with Gasteiger partial charge in [-0.2, -0.15) is 0 Å². The number of unbranched alkanes of at least 4 members (excludes halogenated alkanes) is 6. The third-order valence-corrected chi connectivity index (χ3v) is 21.5. The van der Waals surface area contributed by atoms with Crippen molar-refractivity contribution in [2.75, 3.05) is 50.5 Å². The van der Waals surface area contributed by atoms with E-state index in [2.05, 4.69) is 51.5 Å². The summed E-state index contributed by atoms with van der Waals surface area (Å²) in [5.74, 6) is -1.20. The van der Waals surface area contributed by atoms with Gasteiger partial charge in [0.1, 0.15) is 29.4 Å². The minimum atomic E-state index is -0.685. The molecule has 4 aliphatic heterocycles. The number of halogens is 1. The van der Waals surface area contributed by atoms with Gasteiger partial charge in [-0.05, 0) is 102 Å². The molecule has 5 heterocycles. The van der Waals surface area contributed by atoms with Crippen LogP contribution in [0, 0.1) is 39.8 Å². The van der Waals surface area contributed by atoms with E-state index in [1.807, 2.05) is 22.5 Å². The number of fused-ring (bicyclic) bond motifs is 5. The minimum absolute atomic E-state index is 0.000162. The lowest BCUT2D eigenvalue weighted by molar-refractivity contribution is -0.212. The summed E-state index contributed by atoms with van der Waals surface area (Å²) in [5.41, 5.74) is -0.983. The number of anilines is 1. The molecule has 15 heteroatoms. The molecule has 12 nitrogen and oxygen atoms in total. The molecule has 7 aliphatic rings. The summed E-state index contributed by atoms with van der Waals surface area (Å²) < 4.78 is 36.3. The number of nitrogens with zero attached hydrogens (tertiary/aromatic N) is 3. The van der Waals surface area contributed by atoms with Crippen molar-refractivity contribution in [1.29, 1.82) is 0 Å². The van der Waals surface area contributed by atoms with Crippen LogP contribution in [0.2, 0.25) is 0 Å². The van der Waals surface area contributed by atoms with E-state index in [-0.39, 0.29) is 63.8 Å². The molecule has 9 rings (SSSR count). The number of hydrogen-bond donors (Lipinski definition) is 1. The molecule has 4 bridgehead atoms. The molecule has 3 saturated carbocycles. The zero-order valence-electron chi connectivity index (χ0n) is 43.2. The van der Waals surface area contributed by atoms with Crippen LogP contribution in [0.4, 0.5) is 10.1 Å². The van der Waals surface area contributed by atoms with Crippen LogP contribution in [0.15, 0.2) is 34.6 Å². The van der Waals surface area contributed by atoms with Crippen LogP contribution < -0.4 is 15.6 Å². The van der Waals surface area contributed by atoms with Crippen LogP contribution in [-0.4, -0.2) is 108 Å². The average Bonchev–Trinajstić information content (AvgIpc) is 3.79. The van der Waals surface area contributed by atoms with Crippen LogP contribution in [0.25, 0.3) is 10.9 Å². The zero-order valence-corrected chi connectivity index (χ0v) is 44.8. The molecule has 1 N–H and O–H groups in total. The number of ketones is 1. The number of nitrogens with one attached hydrogen (secondary N) is 1. The Balaban J connectivity index is 0.751. The zero-order chi connectivity index (χ0) is 50.4. The summed E-state index contributed by atoms with van der Waals surface area (Å²) in [4.78, 5) is 73.6. The molecule has 390 valence electrons. The Bertz CT molecular complexity index is 2410. The first kappa shape index (κ1) is 52.5. The van der Waals surface area contributed by atoms with Crippen molar-refractivity contribution in [2.45, 2.75) is 184 Å². The number of aromatic nitrogens is 1.